The average molecular weight is 546 g/mol. The number of hydrogen-bond donors (Lipinski definition) is 2. The molecule has 0 radical (unpaired) electrons. The summed E-state index contributed by atoms with van der Waals surface area (Å²) in [6.07, 6.45) is 2.69. The Morgan fingerprint density at radius 1 is 1.02 bits per heavy atom. The first-order chi connectivity index (χ1) is 19.1. The van der Waals surface area contributed by atoms with E-state index in [-0.39, 0.29) is 23.3 Å². The van der Waals surface area contributed by atoms with Crippen molar-refractivity contribution in [3.63, 3.8) is 0 Å². The van der Waals surface area contributed by atoms with Crippen LogP contribution >= 0.6 is 0 Å². The van der Waals surface area contributed by atoms with Crippen molar-refractivity contribution in [2.75, 3.05) is 6.61 Å². The normalized spacial score (nSPS) is 40.1. The molecule has 2 saturated carbocycles. The Kier molecular flexibility index (Phi) is 5.81. The zero-order valence-electron chi connectivity index (χ0n) is 22.9. The van der Waals surface area contributed by atoms with Crippen LogP contribution in [0.4, 0.5) is 0 Å². The van der Waals surface area contributed by atoms with Crippen LogP contribution in [0, 0.1) is 22.7 Å². The minimum absolute atomic E-state index is 0.0370. The smallest absolute Gasteiger partial charge is 0.345 e. The first-order valence-corrected chi connectivity index (χ1v) is 14.1. The molecule has 3 aromatic rings. The third-order valence-corrected chi connectivity index (χ3v) is 10.5. The number of rotatable bonds is 2. The van der Waals surface area contributed by atoms with Gasteiger partial charge in [-0.25, -0.2) is 4.79 Å². The summed E-state index contributed by atoms with van der Waals surface area (Å²) in [5, 5.41) is 23.7. The maximum atomic E-state index is 13.3. The van der Waals surface area contributed by atoms with Gasteiger partial charge in [-0.2, -0.15) is 0 Å². The number of ether oxygens (including phenoxy) is 3. The second-order valence-electron chi connectivity index (χ2n) is 12.7. The van der Waals surface area contributed by atoms with Gasteiger partial charge in [0.25, 0.3) is 0 Å². The lowest BCUT2D eigenvalue weighted by molar-refractivity contribution is -0.330. The lowest BCUT2D eigenvalue weighted by Crippen LogP contribution is -2.71. The topological polar surface area (TPSA) is 111 Å². The Hall–Kier alpha value is -3.04. The van der Waals surface area contributed by atoms with Gasteiger partial charge in [0.1, 0.15) is 22.7 Å². The van der Waals surface area contributed by atoms with Crippen LogP contribution in [0.3, 0.4) is 0 Å². The van der Waals surface area contributed by atoms with Gasteiger partial charge in [0, 0.05) is 40.9 Å². The fraction of sp³-hybridized carbons (Fsp3) is 0.500. The zero-order chi connectivity index (χ0) is 27.9. The van der Waals surface area contributed by atoms with Crippen molar-refractivity contribution in [1.82, 2.24) is 4.98 Å². The van der Waals surface area contributed by atoms with Crippen molar-refractivity contribution in [3.05, 3.63) is 82.5 Å². The number of pyridine rings is 1. The van der Waals surface area contributed by atoms with Gasteiger partial charge in [0.15, 0.2) is 6.29 Å². The molecular formula is C32H35NO7. The molecule has 7 rings (SSSR count). The average Bonchev–Trinajstić information content (AvgIpc) is 2.94. The lowest BCUT2D eigenvalue weighted by atomic mass is 9.42. The summed E-state index contributed by atoms with van der Waals surface area (Å²) in [4.78, 5) is 17.4. The molecule has 9 atom stereocenters. The minimum Gasteiger partial charge on any atom is -0.484 e. The van der Waals surface area contributed by atoms with Crippen molar-refractivity contribution >= 4 is 0 Å². The van der Waals surface area contributed by atoms with Crippen LogP contribution < -0.4 is 10.4 Å². The Labute approximate surface area is 232 Å². The molecule has 2 aromatic heterocycles. The third-order valence-electron chi connectivity index (χ3n) is 10.5. The highest BCUT2D eigenvalue weighted by atomic mass is 16.7. The summed E-state index contributed by atoms with van der Waals surface area (Å²) in [5.41, 5.74) is -0.880. The van der Waals surface area contributed by atoms with E-state index >= 15 is 0 Å². The molecule has 4 heterocycles. The molecule has 1 aromatic carbocycles. The summed E-state index contributed by atoms with van der Waals surface area (Å²) in [7, 11) is 0. The SMILES string of the molecule is CC12CC[C@@H]3O[C@H](c4ccccc4)OC[C@@]3(C)C1C[C@H](O)[C@@]1(C)Oc3cc(-c4cccnc4)oc(=O)c3[C@H](O)C21. The second-order valence-corrected chi connectivity index (χ2v) is 12.7. The molecule has 8 nitrogen and oxygen atoms in total. The van der Waals surface area contributed by atoms with E-state index in [4.69, 9.17) is 18.6 Å². The minimum atomic E-state index is -1.17. The van der Waals surface area contributed by atoms with E-state index < -0.39 is 46.5 Å². The highest BCUT2D eigenvalue weighted by molar-refractivity contribution is 5.59. The van der Waals surface area contributed by atoms with Crippen LogP contribution in [-0.2, 0) is 9.47 Å². The van der Waals surface area contributed by atoms with Gasteiger partial charge < -0.3 is 28.8 Å². The van der Waals surface area contributed by atoms with E-state index in [1.165, 1.54) is 0 Å². The first-order valence-electron chi connectivity index (χ1n) is 14.1. The molecule has 8 heteroatoms. The molecule has 2 N–H and O–H groups in total. The molecule has 210 valence electrons. The molecule has 2 aliphatic carbocycles. The van der Waals surface area contributed by atoms with Crippen molar-refractivity contribution < 1.29 is 28.8 Å². The van der Waals surface area contributed by atoms with E-state index in [0.717, 1.165) is 18.4 Å². The summed E-state index contributed by atoms with van der Waals surface area (Å²) in [5.74, 6) is -0.0292. The number of nitrogens with zero attached hydrogens (tertiary/aromatic N) is 1. The molecule has 3 unspecified atom stereocenters. The summed E-state index contributed by atoms with van der Waals surface area (Å²) >= 11 is 0. The number of aliphatic hydroxyl groups excluding tert-OH is 2. The van der Waals surface area contributed by atoms with Crippen LogP contribution in [0.2, 0.25) is 0 Å². The molecule has 0 amide bonds. The van der Waals surface area contributed by atoms with Gasteiger partial charge in [-0.15, -0.1) is 0 Å². The monoisotopic (exact) mass is 545 g/mol. The van der Waals surface area contributed by atoms with Crippen molar-refractivity contribution in [2.24, 2.45) is 22.7 Å². The highest BCUT2D eigenvalue weighted by Crippen LogP contribution is 2.68. The van der Waals surface area contributed by atoms with Crippen LogP contribution in [0.1, 0.15) is 63.6 Å². The maximum Gasteiger partial charge on any atom is 0.345 e. The predicted octanol–water partition coefficient (Wildman–Crippen LogP) is 4.80. The Morgan fingerprint density at radius 3 is 2.58 bits per heavy atom. The largest absolute Gasteiger partial charge is 0.484 e. The highest BCUT2D eigenvalue weighted by Gasteiger charge is 2.70. The van der Waals surface area contributed by atoms with Gasteiger partial charge in [0.05, 0.1) is 24.9 Å². The fourth-order valence-corrected chi connectivity index (χ4v) is 8.49. The van der Waals surface area contributed by atoms with Crippen LogP contribution in [0.25, 0.3) is 11.3 Å². The summed E-state index contributed by atoms with van der Waals surface area (Å²) < 4.78 is 25.1. The Balaban J connectivity index is 1.26. The van der Waals surface area contributed by atoms with Crippen molar-refractivity contribution in [1.29, 1.82) is 0 Å². The molecule has 0 spiro atoms. The van der Waals surface area contributed by atoms with Crippen LogP contribution in [0.5, 0.6) is 5.75 Å². The van der Waals surface area contributed by atoms with Crippen molar-refractivity contribution in [3.8, 4) is 17.1 Å². The second kappa shape index (κ2) is 8.98. The number of fused-ring (bicyclic) bond motifs is 6. The van der Waals surface area contributed by atoms with E-state index in [2.05, 4.69) is 18.8 Å². The molecule has 4 aliphatic rings. The van der Waals surface area contributed by atoms with Crippen LogP contribution in [-0.4, -0.2) is 39.6 Å². The van der Waals surface area contributed by atoms with Crippen LogP contribution in [0.15, 0.2) is 70.1 Å². The number of hydrogen-bond acceptors (Lipinski definition) is 8. The van der Waals surface area contributed by atoms with Gasteiger partial charge in [-0.3, -0.25) is 4.98 Å². The molecule has 0 bridgehead atoms. The fourth-order valence-electron chi connectivity index (χ4n) is 8.49. The molecule has 1 saturated heterocycles. The van der Waals surface area contributed by atoms with Gasteiger partial charge in [-0.1, -0.05) is 44.2 Å². The Morgan fingerprint density at radius 2 is 1.82 bits per heavy atom. The molecular weight excluding hydrogens is 510 g/mol. The van der Waals surface area contributed by atoms with Gasteiger partial charge in [0.2, 0.25) is 0 Å². The predicted molar refractivity (Wildman–Crippen MR) is 145 cm³/mol. The first kappa shape index (κ1) is 25.9. The third kappa shape index (κ3) is 3.59. The summed E-state index contributed by atoms with van der Waals surface area (Å²) in [6.45, 7) is 6.68. The number of aromatic nitrogens is 1. The number of benzene rings is 1. The maximum absolute atomic E-state index is 13.3. The zero-order valence-corrected chi connectivity index (χ0v) is 22.9. The Bertz CT molecular complexity index is 1480. The lowest BCUT2D eigenvalue weighted by Gasteiger charge is -2.67. The van der Waals surface area contributed by atoms with E-state index in [0.29, 0.717) is 24.4 Å². The van der Waals surface area contributed by atoms with E-state index in [1.807, 2.05) is 37.3 Å². The van der Waals surface area contributed by atoms with Crippen molar-refractivity contribution in [2.45, 2.75) is 70.2 Å². The van der Waals surface area contributed by atoms with Gasteiger partial charge in [-0.05, 0) is 49.7 Å². The van der Waals surface area contributed by atoms with E-state index in [9.17, 15) is 15.0 Å². The molecule has 2 aliphatic heterocycles. The summed E-state index contributed by atoms with van der Waals surface area (Å²) in [6, 6.07) is 15.1. The quantitative estimate of drug-likeness (QED) is 0.472. The molecule has 3 fully saturated rings. The van der Waals surface area contributed by atoms with E-state index in [1.54, 1.807) is 30.6 Å². The molecule has 40 heavy (non-hydrogen) atoms. The standard InChI is InChI=1S/C32H35NO7/c1-30-12-11-24-31(2,17-37-29(39-24)18-8-5-4-6-9-18)22(30)15-23(34)32(3)27(30)26(35)25-21(40-32)14-20(38-28(25)36)19-10-7-13-33-16-19/h4-10,13-14,16,22-24,26-27,29,34-35H,11-12,15,17H2,1-3H3/t22?,23-,24-,26-,27?,29+,30?,31-,32+/m0/s1. The van der Waals surface area contributed by atoms with Gasteiger partial charge >= 0.3 is 5.63 Å². The number of aliphatic hydroxyl groups is 2.